The molecular weight excluding hydrogens is 218 g/mol. The van der Waals surface area contributed by atoms with E-state index in [1.54, 1.807) is 25.6 Å². The van der Waals surface area contributed by atoms with Crippen molar-refractivity contribution < 1.29 is 4.74 Å². The second-order valence-corrected chi connectivity index (χ2v) is 3.53. The summed E-state index contributed by atoms with van der Waals surface area (Å²) in [6.07, 6.45) is 5.91. The molecule has 0 aliphatic heterocycles. The van der Waals surface area contributed by atoms with Gasteiger partial charge < -0.3 is 15.0 Å². The maximum absolute atomic E-state index is 5.05. The first-order valence-corrected chi connectivity index (χ1v) is 5.45. The number of nitrogens with one attached hydrogen (secondary N) is 2. The molecule has 1 atom stereocenters. The van der Waals surface area contributed by atoms with Gasteiger partial charge in [-0.05, 0) is 6.42 Å². The molecule has 2 rings (SSSR count). The molecule has 0 amide bonds. The fraction of sp³-hybridized carbons (Fsp3) is 0.364. The molecule has 2 N–H and O–H groups in total. The van der Waals surface area contributed by atoms with Gasteiger partial charge in [0.1, 0.15) is 18.0 Å². The predicted molar refractivity (Wildman–Crippen MR) is 63.8 cm³/mol. The fourth-order valence-electron chi connectivity index (χ4n) is 1.54. The Labute approximate surface area is 99.5 Å². The summed E-state index contributed by atoms with van der Waals surface area (Å²) >= 11 is 0. The lowest BCUT2D eigenvalue weighted by molar-refractivity contribution is 0.397. The Bertz CT molecular complexity index is 457. The second kappa shape index (κ2) is 5.29. The lowest BCUT2D eigenvalue weighted by Gasteiger charge is -2.15. The molecular formula is C11H15N5O. The average molecular weight is 233 g/mol. The highest BCUT2D eigenvalue weighted by molar-refractivity contribution is 5.38. The first-order chi connectivity index (χ1) is 8.33. The number of hydrogen-bond donors (Lipinski definition) is 2. The number of imidazole rings is 1. The van der Waals surface area contributed by atoms with Gasteiger partial charge in [-0.1, -0.05) is 6.92 Å². The summed E-state index contributed by atoms with van der Waals surface area (Å²) < 4.78 is 5.05. The SMILES string of the molecule is CCC(Nc1cc(OC)ncn1)c1ncc[nH]1. The maximum atomic E-state index is 5.05. The smallest absolute Gasteiger partial charge is 0.218 e. The summed E-state index contributed by atoms with van der Waals surface area (Å²) in [6.45, 7) is 2.08. The molecule has 0 aliphatic carbocycles. The number of aromatic nitrogens is 4. The zero-order valence-electron chi connectivity index (χ0n) is 9.84. The molecule has 0 fully saturated rings. The Morgan fingerprint density at radius 2 is 2.29 bits per heavy atom. The zero-order valence-corrected chi connectivity index (χ0v) is 9.84. The van der Waals surface area contributed by atoms with Crippen molar-refractivity contribution in [2.75, 3.05) is 12.4 Å². The minimum atomic E-state index is 0.101. The number of hydrogen-bond acceptors (Lipinski definition) is 5. The fourth-order valence-corrected chi connectivity index (χ4v) is 1.54. The van der Waals surface area contributed by atoms with E-state index < -0.39 is 0 Å². The lowest BCUT2D eigenvalue weighted by Crippen LogP contribution is -2.12. The van der Waals surface area contributed by atoms with Crippen LogP contribution in [0.15, 0.2) is 24.8 Å². The number of anilines is 1. The van der Waals surface area contributed by atoms with Crippen LogP contribution in [0.2, 0.25) is 0 Å². The van der Waals surface area contributed by atoms with Crippen molar-refractivity contribution in [3.63, 3.8) is 0 Å². The third-order valence-electron chi connectivity index (χ3n) is 2.43. The molecule has 0 saturated heterocycles. The van der Waals surface area contributed by atoms with Gasteiger partial charge in [0.15, 0.2) is 0 Å². The average Bonchev–Trinajstić information content (AvgIpc) is 2.90. The van der Waals surface area contributed by atoms with Crippen LogP contribution in [0, 0.1) is 0 Å². The van der Waals surface area contributed by atoms with Gasteiger partial charge in [0.25, 0.3) is 0 Å². The van der Waals surface area contributed by atoms with Crippen LogP contribution in [-0.4, -0.2) is 27.0 Å². The van der Waals surface area contributed by atoms with E-state index in [-0.39, 0.29) is 6.04 Å². The minimum Gasteiger partial charge on any atom is -0.481 e. The summed E-state index contributed by atoms with van der Waals surface area (Å²) in [6, 6.07) is 1.86. The highest BCUT2D eigenvalue weighted by Crippen LogP contribution is 2.19. The van der Waals surface area contributed by atoms with Crippen LogP contribution < -0.4 is 10.1 Å². The van der Waals surface area contributed by atoms with E-state index in [1.807, 2.05) is 0 Å². The summed E-state index contributed by atoms with van der Waals surface area (Å²) in [7, 11) is 1.58. The normalized spacial score (nSPS) is 12.1. The van der Waals surface area contributed by atoms with E-state index in [1.165, 1.54) is 6.33 Å². The van der Waals surface area contributed by atoms with Gasteiger partial charge >= 0.3 is 0 Å². The van der Waals surface area contributed by atoms with Gasteiger partial charge in [0.05, 0.1) is 13.2 Å². The molecule has 0 bridgehead atoms. The topological polar surface area (TPSA) is 75.7 Å². The number of methoxy groups -OCH3 is 1. The molecule has 1 unspecified atom stereocenters. The number of ether oxygens (including phenoxy) is 1. The van der Waals surface area contributed by atoms with Crippen molar-refractivity contribution in [3.8, 4) is 5.88 Å². The Morgan fingerprint density at radius 1 is 1.41 bits per heavy atom. The summed E-state index contributed by atoms with van der Waals surface area (Å²) in [5.74, 6) is 2.15. The van der Waals surface area contributed by atoms with Crippen LogP contribution in [0.25, 0.3) is 0 Å². The summed E-state index contributed by atoms with van der Waals surface area (Å²) in [5.41, 5.74) is 0. The Balaban J connectivity index is 2.13. The molecule has 6 heteroatoms. The Kier molecular flexibility index (Phi) is 3.54. The van der Waals surface area contributed by atoms with Crippen molar-refractivity contribution in [2.45, 2.75) is 19.4 Å². The number of nitrogens with zero attached hydrogens (tertiary/aromatic N) is 3. The quantitative estimate of drug-likeness (QED) is 0.823. The molecule has 6 nitrogen and oxygen atoms in total. The summed E-state index contributed by atoms with van der Waals surface area (Å²) in [4.78, 5) is 15.4. The van der Waals surface area contributed by atoms with Gasteiger partial charge in [0, 0.05) is 18.5 Å². The van der Waals surface area contributed by atoms with Gasteiger partial charge in [-0.3, -0.25) is 0 Å². The lowest BCUT2D eigenvalue weighted by atomic mass is 10.2. The molecule has 0 aliphatic rings. The second-order valence-electron chi connectivity index (χ2n) is 3.53. The van der Waals surface area contributed by atoms with E-state index in [4.69, 9.17) is 4.74 Å². The molecule has 90 valence electrons. The van der Waals surface area contributed by atoms with E-state index in [2.05, 4.69) is 32.2 Å². The van der Waals surface area contributed by atoms with Crippen LogP contribution in [0.1, 0.15) is 25.2 Å². The molecule has 17 heavy (non-hydrogen) atoms. The first-order valence-electron chi connectivity index (χ1n) is 5.45. The van der Waals surface area contributed by atoms with Gasteiger partial charge in [0.2, 0.25) is 5.88 Å². The van der Waals surface area contributed by atoms with Crippen LogP contribution in [0.3, 0.4) is 0 Å². The minimum absolute atomic E-state index is 0.101. The van der Waals surface area contributed by atoms with Crippen molar-refractivity contribution in [2.24, 2.45) is 0 Å². The predicted octanol–water partition coefficient (Wildman–Crippen LogP) is 1.77. The number of H-pyrrole nitrogens is 1. The van der Waals surface area contributed by atoms with Crippen LogP contribution in [0.5, 0.6) is 5.88 Å². The standard InChI is InChI=1S/C11H15N5O/c1-3-8(11-12-4-5-13-11)16-9-6-10(17-2)15-7-14-9/h4-8H,3H2,1-2H3,(H,12,13)(H,14,15,16). The van der Waals surface area contributed by atoms with Gasteiger partial charge in [-0.15, -0.1) is 0 Å². The van der Waals surface area contributed by atoms with Crippen molar-refractivity contribution in [1.29, 1.82) is 0 Å². The van der Waals surface area contributed by atoms with E-state index in [0.29, 0.717) is 5.88 Å². The monoisotopic (exact) mass is 233 g/mol. The number of rotatable bonds is 5. The van der Waals surface area contributed by atoms with E-state index in [0.717, 1.165) is 18.1 Å². The first kappa shape index (κ1) is 11.4. The number of aromatic amines is 1. The van der Waals surface area contributed by atoms with Crippen LogP contribution >= 0.6 is 0 Å². The zero-order chi connectivity index (χ0) is 12.1. The third-order valence-corrected chi connectivity index (χ3v) is 2.43. The van der Waals surface area contributed by atoms with Gasteiger partial charge in [-0.25, -0.2) is 15.0 Å². The maximum Gasteiger partial charge on any atom is 0.218 e. The molecule has 0 radical (unpaired) electrons. The highest BCUT2D eigenvalue weighted by atomic mass is 16.5. The summed E-state index contributed by atoms with van der Waals surface area (Å²) in [5, 5.41) is 3.28. The van der Waals surface area contributed by atoms with Crippen molar-refractivity contribution in [3.05, 3.63) is 30.6 Å². The van der Waals surface area contributed by atoms with Crippen molar-refractivity contribution in [1.82, 2.24) is 19.9 Å². The van der Waals surface area contributed by atoms with E-state index >= 15 is 0 Å². The molecule has 0 spiro atoms. The molecule has 2 aromatic heterocycles. The molecule has 2 heterocycles. The largest absolute Gasteiger partial charge is 0.481 e. The third kappa shape index (κ3) is 2.72. The highest BCUT2D eigenvalue weighted by Gasteiger charge is 2.12. The van der Waals surface area contributed by atoms with E-state index in [9.17, 15) is 0 Å². The van der Waals surface area contributed by atoms with Crippen LogP contribution in [-0.2, 0) is 0 Å². The molecule has 0 aromatic carbocycles. The molecule has 0 saturated carbocycles. The van der Waals surface area contributed by atoms with Gasteiger partial charge in [-0.2, -0.15) is 0 Å². The Hall–Kier alpha value is -2.11. The van der Waals surface area contributed by atoms with Crippen LogP contribution in [0.4, 0.5) is 5.82 Å². The molecule has 2 aromatic rings. The van der Waals surface area contributed by atoms with Crippen molar-refractivity contribution >= 4 is 5.82 Å². The Morgan fingerprint density at radius 3 is 2.94 bits per heavy atom.